The third-order valence-corrected chi connectivity index (χ3v) is 4.97. The van der Waals surface area contributed by atoms with Gasteiger partial charge in [0, 0.05) is 34.7 Å². The summed E-state index contributed by atoms with van der Waals surface area (Å²) in [6.07, 6.45) is -3.30. The molecule has 0 fully saturated rings. The first-order chi connectivity index (χ1) is 16.5. The minimum atomic E-state index is -4.75. The van der Waals surface area contributed by atoms with Crippen LogP contribution in [0.2, 0.25) is 5.02 Å². The van der Waals surface area contributed by atoms with Gasteiger partial charge in [-0.2, -0.15) is 22.6 Å². The van der Waals surface area contributed by atoms with Gasteiger partial charge in [0.15, 0.2) is 11.8 Å². The highest BCUT2D eigenvalue weighted by Crippen LogP contribution is 2.31. The normalized spacial score (nSPS) is 10.7. The standard InChI is InChI=1S/C23H14Cl2F3N5O2/c24-18-7-6-13(11-17(18)21(35)33(25)19-3-1-2-8-31-19)4-5-14-9-15(20(34)32-22(29)30)12-16(10-14)23(26,27)28/h1-3,6-12H,(H4,29,30,32,34). The summed E-state index contributed by atoms with van der Waals surface area (Å²) in [7, 11) is 0. The molecule has 0 saturated heterocycles. The molecular weight excluding hydrogens is 506 g/mol. The summed E-state index contributed by atoms with van der Waals surface area (Å²) in [4.78, 5) is 32.1. The Hall–Kier alpha value is -4.07. The Kier molecular flexibility index (Phi) is 7.64. The summed E-state index contributed by atoms with van der Waals surface area (Å²) in [6.45, 7) is 0. The Balaban J connectivity index is 1.99. The van der Waals surface area contributed by atoms with E-state index in [4.69, 9.17) is 34.8 Å². The second-order valence-corrected chi connectivity index (χ2v) is 7.60. The Morgan fingerprint density at radius 2 is 1.71 bits per heavy atom. The van der Waals surface area contributed by atoms with Gasteiger partial charge in [-0.25, -0.2) is 4.98 Å². The summed E-state index contributed by atoms with van der Waals surface area (Å²) in [6, 6.07) is 11.5. The van der Waals surface area contributed by atoms with Crippen molar-refractivity contribution in [2.24, 2.45) is 16.5 Å². The predicted octanol–water partition coefficient (Wildman–Crippen LogP) is 4.37. The van der Waals surface area contributed by atoms with Crippen LogP contribution in [0.5, 0.6) is 0 Å². The van der Waals surface area contributed by atoms with Crippen molar-refractivity contribution >= 4 is 47.0 Å². The van der Waals surface area contributed by atoms with E-state index in [0.717, 1.165) is 16.6 Å². The molecule has 0 atom stereocenters. The lowest BCUT2D eigenvalue weighted by Gasteiger charge is -2.13. The smallest absolute Gasteiger partial charge is 0.370 e. The molecule has 3 aromatic rings. The largest absolute Gasteiger partial charge is 0.416 e. The molecule has 0 aliphatic carbocycles. The van der Waals surface area contributed by atoms with Gasteiger partial charge in [-0.05, 0) is 48.5 Å². The molecule has 1 aromatic heterocycles. The molecule has 0 spiro atoms. The third kappa shape index (κ3) is 6.50. The second kappa shape index (κ2) is 10.5. The molecule has 1 heterocycles. The molecule has 0 aliphatic rings. The molecule has 4 N–H and O–H groups in total. The molecule has 0 saturated carbocycles. The zero-order valence-corrected chi connectivity index (χ0v) is 19.0. The first-order valence-corrected chi connectivity index (χ1v) is 10.3. The van der Waals surface area contributed by atoms with E-state index in [-0.39, 0.29) is 27.5 Å². The number of aromatic nitrogens is 1. The van der Waals surface area contributed by atoms with Gasteiger partial charge in [-0.15, -0.1) is 0 Å². The quantitative estimate of drug-likeness (QED) is 0.231. The number of carbonyl (C=O) groups excluding carboxylic acids is 2. The fourth-order valence-corrected chi connectivity index (χ4v) is 3.15. The lowest BCUT2D eigenvalue weighted by atomic mass is 10.0. The predicted molar refractivity (Wildman–Crippen MR) is 126 cm³/mol. The van der Waals surface area contributed by atoms with Gasteiger partial charge in [0.2, 0.25) is 0 Å². The van der Waals surface area contributed by atoms with E-state index >= 15 is 0 Å². The van der Waals surface area contributed by atoms with Gasteiger partial charge < -0.3 is 11.5 Å². The Morgan fingerprint density at radius 1 is 1.00 bits per heavy atom. The van der Waals surface area contributed by atoms with Gasteiger partial charge in [-0.1, -0.05) is 29.5 Å². The number of hydrogen-bond acceptors (Lipinski definition) is 3. The minimum Gasteiger partial charge on any atom is -0.370 e. The zero-order chi connectivity index (χ0) is 25.8. The van der Waals surface area contributed by atoms with E-state index in [2.05, 4.69) is 21.8 Å². The van der Waals surface area contributed by atoms with E-state index in [1.165, 1.54) is 30.5 Å². The average Bonchev–Trinajstić information content (AvgIpc) is 2.82. The molecular formula is C23H14Cl2F3N5O2. The summed E-state index contributed by atoms with van der Waals surface area (Å²) in [5.41, 5.74) is 8.86. The minimum absolute atomic E-state index is 0.00760. The molecule has 178 valence electrons. The number of halogens is 5. The number of hydrogen-bond donors (Lipinski definition) is 2. The topological polar surface area (TPSA) is 115 Å². The number of benzene rings is 2. The van der Waals surface area contributed by atoms with Crippen LogP contribution in [0, 0.1) is 11.8 Å². The fourth-order valence-electron chi connectivity index (χ4n) is 2.76. The Morgan fingerprint density at radius 3 is 2.34 bits per heavy atom. The monoisotopic (exact) mass is 519 g/mol. The number of pyridine rings is 1. The van der Waals surface area contributed by atoms with E-state index in [0.29, 0.717) is 6.07 Å². The first-order valence-electron chi connectivity index (χ1n) is 9.55. The number of aliphatic imine (C=N–C) groups is 1. The molecule has 2 amide bonds. The average molecular weight is 520 g/mol. The van der Waals surface area contributed by atoms with Crippen LogP contribution in [0.1, 0.15) is 37.4 Å². The molecule has 0 aliphatic heterocycles. The Labute approximate surface area is 207 Å². The number of alkyl halides is 3. The van der Waals surface area contributed by atoms with Crippen molar-refractivity contribution in [3.8, 4) is 11.8 Å². The van der Waals surface area contributed by atoms with Crippen molar-refractivity contribution in [1.29, 1.82) is 0 Å². The van der Waals surface area contributed by atoms with Crippen LogP contribution >= 0.6 is 23.4 Å². The molecule has 3 rings (SSSR count). The van der Waals surface area contributed by atoms with Crippen molar-refractivity contribution in [3.63, 3.8) is 0 Å². The number of nitrogens with zero attached hydrogens (tertiary/aromatic N) is 3. The van der Waals surface area contributed by atoms with E-state index in [9.17, 15) is 22.8 Å². The van der Waals surface area contributed by atoms with Crippen molar-refractivity contribution in [2.75, 3.05) is 4.42 Å². The molecule has 0 radical (unpaired) electrons. The van der Waals surface area contributed by atoms with Crippen LogP contribution < -0.4 is 15.9 Å². The van der Waals surface area contributed by atoms with Crippen molar-refractivity contribution in [2.45, 2.75) is 6.18 Å². The van der Waals surface area contributed by atoms with Crippen molar-refractivity contribution < 1.29 is 22.8 Å². The number of anilines is 1. The van der Waals surface area contributed by atoms with E-state index in [1.54, 1.807) is 12.1 Å². The van der Waals surface area contributed by atoms with Crippen molar-refractivity contribution in [1.82, 2.24) is 4.98 Å². The second-order valence-electron chi connectivity index (χ2n) is 6.86. The number of carbonyl (C=O) groups is 2. The number of rotatable bonds is 3. The van der Waals surface area contributed by atoms with Crippen LogP contribution in [-0.4, -0.2) is 22.8 Å². The van der Waals surface area contributed by atoms with Gasteiger partial charge in [-0.3, -0.25) is 9.59 Å². The third-order valence-electron chi connectivity index (χ3n) is 4.31. The van der Waals surface area contributed by atoms with E-state index < -0.39 is 35.1 Å². The molecule has 12 heteroatoms. The van der Waals surface area contributed by atoms with Gasteiger partial charge >= 0.3 is 6.18 Å². The van der Waals surface area contributed by atoms with Crippen LogP contribution in [0.15, 0.2) is 65.8 Å². The molecule has 35 heavy (non-hydrogen) atoms. The number of guanidine groups is 1. The molecule has 7 nitrogen and oxygen atoms in total. The summed E-state index contributed by atoms with van der Waals surface area (Å²) < 4.78 is 40.7. The van der Waals surface area contributed by atoms with Crippen LogP contribution in [0.4, 0.5) is 19.0 Å². The summed E-state index contributed by atoms with van der Waals surface area (Å²) >= 11 is 12.2. The lowest BCUT2D eigenvalue weighted by Crippen LogP contribution is -2.24. The van der Waals surface area contributed by atoms with Crippen molar-refractivity contribution in [3.05, 3.63) is 93.6 Å². The number of amides is 2. The van der Waals surface area contributed by atoms with Crippen LogP contribution in [0.3, 0.4) is 0 Å². The van der Waals surface area contributed by atoms with E-state index in [1.807, 2.05) is 0 Å². The molecule has 2 aromatic carbocycles. The maximum absolute atomic E-state index is 13.3. The summed E-state index contributed by atoms with van der Waals surface area (Å²) in [5, 5.41) is 0.0753. The fraction of sp³-hybridized carbons (Fsp3) is 0.0435. The van der Waals surface area contributed by atoms with Gasteiger partial charge in [0.1, 0.15) is 0 Å². The van der Waals surface area contributed by atoms with Crippen LogP contribution in [0.25, 0.3) is 0 Å². The number of nitrogens with two attached hydrogens (primary N) is 2. The Bertz CT molecular complexity index is 1380. The zero-order valence-electron chi connectivity index (χ0n) is 17.5. The van der Waals surface area contributed by atoms with Crippen LogP contribution in [-0.2, 0) is 6.18 Å². The SMILES string of the molecule is NC(N)=NC(=O)c1cc(C#Cc2ccc(Cl)c(C(=O)N(Cl)c3ccccn3)c2)cc(C(F)(F)F)c1. The van der Waals surface area contributed by atoms with Gasteiger partial charge in [0.05, 0.1) is 16.1 Å². The lowest BCUT2D eigenvalue weighted by molar-refractivity contribution is -0.137. The summed E-state index contributed by atoms with van der Waals surface area (Å²) in [5.74, 6) is 3.00. The highest BCUT2D eigenvalue weighted by atomic mass is 35.5. The van der Waals surface area contributed by atoms with Gasteiger partial charge in [0.25, 0.3) is 11.8 Å². The highest BCUT2D eigenvalue weighted by Gasteiger charge is 2.31. The molecule has 0 unspecified atom stereocenters. The maximum atomic E-state index is 13.3. The maximum Gasteiger partial charge on any atom is 0.416 e. The molecule has 0 bridgehead atoms. The first kappa shape index (κ1) is 25.6. The highest BCUT2D eigenvalue weighted by molar-refractivity contribution is 6.42.